The van der Waals surface area contributed by atoms with Crippen LogP contribution in [0.2, 0.25) is 0 Å². The van der Waals surface area contributed by atoms with Gasteiger partial charge >= 0.3 is 0 Å². The van der Waals surface area contributed by atoms with E-state index in [1.807, 2.05) is 50.2 Å². The number of aromatic nitrogens is 3. The van der Waals surface area contributed by atoms with Gasteiger partial charge in [-0.25, -0.2) is 18.7 Å². The van der Waals surface area contributed by atoms with E-state index >= 15 is 4.39 Å². The molecule has 0 spiro atoms. The first-order chi connectivity index (χ1) is 16.4. The fourth-order valence-electron chi connectivity index (χ4n) is 3.44. The quantitative estimate of drug-likeness (QED) is 0.159. The Morgan fingerprint density at radius 1 is 1.18 bits per heavy atom. The lowest BCUT2D eigenvalue weighted by atomic mass is 10.0. The number of carbonyl (C=O) groups is 1. The predicted molar refractivity (Wildman–Crippen MR) is 134 cm³/mol. The maximum absolute atomic E-state index is 15.2. The Kier molecular flexibility index (Phi) is 6.97. The Balaban J connectivity index is 1.74. The Morgan fingerprint density at radius 3 is 2.76 bits per heavy atom. The molecule has 7 nitrogen and oxygen atoms in total. The molecule has 176 valence electrons. The number of ketones is 1. The molecule has 34 heavy (non-hydrogen) atoms. The third-order valence-electron chi connectivity index (χ3n) is 5.15. The molecule has 0 aliphatic heterocycles. The summed E-state index contributed by atoms with van der Waals surface area (Å²) >= 11 is 1.29. The van der Waals surface area contributed by atoms with Crippen LogP contribution >= 0.6 is 11.9 Å². The van der Waals surface area contributed by atoms with Crippen molar-refractivity contribution in [3.05, 3.63) is 71.7 Å². The minimum Gasteiger partial charge on any atom is -0.378 e. The van der Waals surface area contributed by atoms with Gasteiger partial charge in [0.15, 0.2) is 5.82 Å². The Morgan fingerprint density at radius 2 is 2.00 bits per heavy atom. The largest absolute Gasteiger partial charge is 0.378 e. The van der Waals surface area contributed by atoms with Crippen molar-refractivity contribution < 1.29 is 13.6 Å². The number of H-pyrrole nitrogens is 1. The molecule has 0 saturated heterocycles. The lowest BCUT2D eigenvalue weighted by Crippen LogP contribution is -2.10. The summed E-state index contributed by atoms with van der Waals surface area (Å²) in [7, 11) is 3.86. The molecule has 2 aromatic carbocycles. The molecule has 0 aliphatic rings. The second-order valence-electron chi connectivity index (χ2n) is 7.78. The van der Waals surface area contributed by atoms with Crippen LogP contribution < -0.4 is 14.9 Å². The summed E-state index contributed by atoms with van der Waals surface area (Å²) in [5.41, 5.74) is 1.57. The minimum atomic E-state index is -0.937. The van der Waals surface area contributed by atoms with Crippen LogP contribution in [0.5, 0.6) is 0 Å². The standard InChI is InChI=1S/C24H24F2N6OS/c1-4-10-34-31-18-9-8-17(25)20(21(18)26)22(33)16-12-27-23-19(16)24(29-13-28-23)30-14-6-5-7-15(11-14)32(2)3/h5-9,11-13,31H,4,10H2,1-3H3,(H2,27,28,29,30). The first kappa shape index (κ1) is 23.5. The summed E-state index contributed by atoms with van der Waals surface area (Å²) in [5, 5.41) is 3.54. The molecule has 3 N–H and O–H groups in total. The minimum absolute atomic E-state index is 0.0538. The van der Waals surface area contributed by atoms with E-state index in [0.29, 0.717) is 16.9 Å². The van der Waals surface area contributed by atoms with Crippen LogP contribution in [-0.4, -0.2) is 40.6 Å². The van der Waals surface area contributed by atoms with Crippen LogP contribution in [0.15, 0.2) is 48.9 Å². The van der Waals surface area contributed by atoms with Gasteiger partial charge < -0.3 is 19.9 Å². The zero-order valence-electron chi connectivity index (χ0n) is 18.9. The molecule has 2 aromatic heterocycles. The Bertz CT molecular complexity index is 1340. The van der Waals surface area contributed by atoms with Crippen molar-refractivity contribution in [2.45, 2.75) is 13.3 Å². The highest BCUT2D eigenvalue weighted by Gasteiger charge is 2.26. The van der Waals surface area contributed by atoms with Crippen molar-refractivity contribution in [3.63, 3.8) is 0 Å². The zero-order valence-corrected chi connectivity index (χ0v) is 19.8. The number of nitrogens with one attached hydrogen (secondary N) is 3. The smallest absolute Gasteiger partial charge is 0.201 e. The summed E-state index contributed by atoms with van der Waals surface area (Å²) in [6.07, 6.45) is 3.63. The van der Waals surface area contributed by atoms with Crippen molar-refractivity contribution in [1.82, 2.24) is 15.0 Å². The number of hydrogen-bond donors (Lipinski definition) is 3. The number of anilines is 4. The second kappa shape index (κ2) is 10.1. The van der Waals surface area contributed by atoms with E-state index in [0.717, 1.165) is 29.6 Å². The molecule has 10 heteroatoms. The van der Waals surface area contributed by atoms with Crippen LogP contribution in [0.4, 0.5) is 31.7 Å². The maximum atomic E-state index is 15.2. The summed E-state index contributed by atoms with van der Waals surface area (Å²) in [6.45, 7) is 1.99. The number of nitrogens with zero attached hydrogens (tertiary/aromatic N) is 3. The van der Waals surface area contributed by atoms with Crippen LogP contribution in [0.1, 0.15) is 29.3 Å². The predicted octanol–water partition coefficient (Wildman–Crippen LogP) is 5.75. The van der Waals surface area contributed by atoms with Crippen molar-refractivity contribution in [3.8, 4) is 0 Å². The number of carbonyl (C=O) groups excluding carboxylic acids is 1. The van der Waals surface area contributed by atoms with Gasteiger partial charge in [0.2, 0.25) is 5.78 Å². The zero-order chi connectivity index (χ0) is 24.2. The lowest BCUT2D eigenvalue weighted by molar-refractivity contribution is 0.103. The third kappa shape index (κ3) is 4.67. The van der Waals surface area contributed by atoms with Gasteiger partial charge in [-0.1, -0.05) is 24.9 Å². The molecule has 0 unspecified atom stereocenters. The number of hydrogen-bond acceptors (Lipinski definition) is 7. The van der Waals surface area contributed by atoms with Gasteiger partial charge in [0.25, 0.3) is 0 Å². The number of halogens is 2. The van der Waals surface area contributed by atoms with E-state index in [1.54, 1.807) is 0 Å². The first-order valence-corrected chi connectivity index (χ1v) is 11.7. The topological polar surface area (TPSA) is 85.9 Å². The highest BCUT2D eigenvalue weighted by Crippen LogP contribution is 2.31. The van der Waals surface area contributed by atoms with Crippen LogP contribution in [0.25, 0.3) is 11.0 Å². The van der Waals surface area contributed by atoms with E-state index in [-0.39, 0.29) is 11.3 Å². The number of benzene rings is 2. The molecular weight excluding hydrogens is 458 g/mol. The molecule has 0 bridgehead atoms. The number of aromatic amines is 1. The van der Waals surface area contributed by atoms with Gasteiger partial charge in [-0.3, -0.25) is 4.79 Å². The van der Waals surface area contributed by atoms with Crippen LogP contribution in [-0.2, 0) is 0 Å². The highest BCUT2D eigenvalue weighted by molar-refractivity contribution is 8.00. The molecule has 0 aliphatic carbocycles. The van der Waals surface area contributed by atoms with E-state index in [2.05, 4.69) is 25.0 Å². The van der Waals surface area contributed by atoms with Gasteiger partial charge in [-0.2, -0.15) is 0 Å². The summed E-state index contributed by atoms with van der Waals surface area (Å²) < 4.78 is 32.7. The van der Waals surface area contributed by atoms with Crippen LogP contribution in [0.3, 0.4) is 0 Å². The van der Waals surface area contributed by atoms with Gasteiger partial charge in [0.05, 0.1) is 22.2 Å². The maximum Gasteiger partial charge on any atom is 0.201 e. The van der Waals surface area contributed by atoms with Gasteiger partial charge in [0.1, 0.15) is 23.6 Å². The summed E-state index contributed by atoms with van der Waals surface area (Å²) in [5.74, 6) is -1.59. The van der Waals surface area contributed by atoms with Crippen LogP contribution in [0, 0.1) is 11.6 Å². The average molecular weight is 483 g/mol. The highest BCUT2D eigenvalue weighted by atomic mass is 32.2. The number of rotatable bonds is 9. The second-order valence-corrected chi connectivity index (χ2v) is 8.68. The molecule has 0 radical (unpaired) electrons. The van der Waals surface area contributed by atoms with E-state index in [9.17, 15) is 9.18 Å². The van der Waals surface area contributed by atoms with Gasteiger partial charge in [-0.15, -0.1) is 0 Å². The average Bonchev–Trinajstić information content (AvgIpc) is 3.26. The Labute approximate surface area is 200 Å². The molecule has 0 atom stereocenters. The Hall–Kier alpha value is -3.66. The van der Waals surface area contributed by atoms with E-state index in [4.69, 9.17) is 0 Å². The van der Waals surface area contributed by atoms with Crippen molar-refractivity contribution in [2.75, 3.05) is 34.8 Å². The van der Waals surface area contributed by atoms with Gasteiger partial charge in [0, 0.05) is 37.4 Å². The monoisotopic (exact) mass is 482 g/mol. The van der Waals surface area contributed by atoms with Gasteiger partial charge in [-0.05, 0) is 36.8 Å². The molecule has 0 amide bonds. The summed E-state index contributed by atoms with van der Waals surface area (Å²) in [4.78, 5) is 26.7. The molecule has 0 saturated carbocycles. The SMILES string of the molecule is CCCSNc1ccc(F)c(C(=O)c2c[nH]c3ncnc(Nc4cccc(N(C)C)c4)c23)c1F. The van der Waals surface area contributed by atoms with E-state index < -0.39 is 23.0 Å². The van der Waals surface area contributed by atoms with Crippen molar-refractivity contribution in [2.24, 2.45) is 0 Å². The van der Waals surface area contributed by atoms with E-state index in [1.165, 1.54) is 30.5 Å². The fourth-order valence-corrected chi connectivity index (χ4v) is 4.06. The summed E-state index contributed by atoms with van der Waals surface area (Å²) in [6, 6.07) is 9.99. The van der Waals surface area contributed by atoms with Crippen molar-refractivity contribution in [1.29, 1.82) is 0 Å². The first-order valence-electron chi connectivity index (χ1n) is 10.7. The molecule has 2 heterocycles. The fraction of sp³-hybridized carbons (Fsp3) is 0.208. The molecule has 4 aromatic rings. The third-order valence-corrected chi connectivity index (χ3v) is 6.12. The molecule has 0 fully saturated rings. The molecule has 4 rings (SSSR count). The normalized spacial score (nSPS) is 11.0. The molecular formula is C24H24F2N6OS. The number of fused-ring (bicyclic) bond motifs is 1. The lowest BCUT2D eigenvalue weighted by Gasteiger charge is -2.14. The van der Waals surface area contributed by atoms with Crippen molar-refractivity contribution >= 4 is 51.6 Å².